The molecular formula is C19H24O2. The van der Waals surface area contributed by atoms with Crippen molar-refractivity contribution < 1.29 is 10.2 Å². The van der Waals surface area contributed by atoms with E-state index in [2.05, 4.69) is 0 Å². The number of benzene rings is 2. The maximum absolute atomic E-state index is 10.5. The van der Waals surface area contributed by atoms with Crippen LogP contribution in [0.4, 0.5) is 0 Å². The van der Waals surface area contributed by atoms with E-state index >= 15 is 0 Å². The number of rotatable bonds is 4. The van der Waals surface area contributed by atoms with Crippen molar-refractivity contribution in [3.8, 4) is 11.5 Å². The first-order chi connectivity index (χ1) is 9.99. The molecule has 2 nitrogen and oxygen atoms in total. The minimum atomic E-state index is 0.371. The zero-order chi connectivity index (χ0) is 15.6. The van der Waals surface area contributed by atoms with Crippen LogP contribution in [-0.2, 0) is 19.3 Å². The van der Waals surface area contributed by atoms with Crippen LogP contribution in [-0.4, -0.2) is 10.2 Å². The molecule has 0 saturated carbocycles. The fraction of sp³-hybridized carbons (Fsp3) is 0.368. The lowest BCUT2D eigenvalue weighted by Gasteiger charge is -2.15. The minimum Gasteiger partial charge on any atom is -0.507 e. The average molecular weight is 284 g/mol. The highest BCUT2D eigenvalue weighted by molar-refractivity contribution is 5.52. The molecule has 0 bridgehead atoms. The molecule has 0 aliphatic rings. The van der Waals surface area contributed by atoms with Crippen molar-refractivity contribution in [2.45, 2.75) is 47.0 Å². The highest BCUT2D eigenvalue weighted by Crippen LogP contribution is 2.33. The molecule has 2 aromatic rings. The number of phenolic OH excluding ortho intramolecular Hbond substituents is 2. The van der Waals surface area contributed by atoms with Crippen molar-refractivity contribution in [1.29, 1.82) is 0 Å². The molecule has 2 heteroatoms. The molecule has 0 unspecified atom stereocenters. The molecule has 112 valence electrons. The quantitative estimate of drug-likeness (QED) is 0.872. The number of phenols is 2. The molecule has 0 aromatic heterocycles. The Hall–Kier alpha value is -1.96. The van der Waals surface area contributed by atoms with E-state index < -0.39 is 0 Å². The van der Waals surface area contributed by atoms with Crippen LogP contribution in [0.5, 0.6) is 11.5 Å². The first kappa shape index (κ1) is 15.4. The number of aromatic hydroxyl groups is 2. The normalized spacial score (nSPS) is 10.9. The van der Waals surface area contributed by atoms with E-state index in [9.17, 15) is 10.2 Å². The lowest BCUT2D eigenvalue weighted by molar-refractivity contribution is 0.455. The predicted molar refractivity (Wildman–Crippen MR) is 87.2 cm³/mol. The second-order valence-corrected chi connectivity index (χ2v) is 5.62. The molecule has 0 spiro atoms. The maximum atomic E-state index is 10.5. The van der Waals surface area contributed by atoms with Crippen LogP contribution in [0, 0.1) is 13.8 Å². The third-order valence-corrected chi connectivity index (χ3v) is 4.30. The minimum absolute atomic E-state index is 0.371. The summed E-state index contributed by atoms with van der Waals surface area (Å²) in [5.74, 6) is 0.744. The third-order valence-electron chi connectivity index (χ3n) is 4.30. The monoisotopic (exact) mass is 284 g/mol. The topological polar surface area (TPSA) is 40.5 Å². The van der Waals surface area contributed by atoms with E-state index in [1.54, 1.807) is 0 Å². The molecule has 0 amide bonds. The summed E-state index contributed by atoms with van der Waals surface area (Å²) in [7, 11) is 0. The van der Waals surface area contributed by atoms with Crippen molar-refractivity contribution in [1.82, 2.24) is 0 Å². The van der Waals surface area contributed by atoms with E-state index in [0.717, 1.165) is 46.2 Å². The molecule has 0 radical (unpaired) electrons. The third kappa shape index (κ3) is 2.90. The van der Waals surface area contributed by atoms with E-state index in [4.69, 9.17) is 0 Å². The van der Waals surface area contributed by atoms with Crippen LogP contribution < -0.4 is 0 Å². The lowest BCUT2D eigenvalue weighted by Crippen LogP contribution is -1.98. The summed E-state index contributed by atoms with van der Waals surface area (Å²) in [6.07, 6.45) is 2.18. The summed E-state index contributed by atoms with van der Waals surface area (Å²) in [6, 6.07) is 8.02. The predicted octanol–water partition coefficient (Wildman–Crippen LogP) is 4.43. The smallest absolute Gasteiger partial charge is 0.122 e. The highest BCUT2D eigenvalue weighted by atomic mass is 16.3. The summed E-state index contributed by atoms with van der Waals surface area (Å²) < 4.78 is 0. The SMILES string of the molecule is CCc1ccc(C)c(Cc2ccc(C)c(CC)c2O)c1O. The van der Waals surface area contributed by atoms with Crippen LogP contribution in [0.1, 0.15) is 47.2 Å². The Morgan fingerprint density at radius 2 is 1.24 bits per heavy atom. The molecular weight excluding hydrogens is 260 g/mol. The van der Waals surface area contributed by atoms with Gasteiger partial charge in [-0.15, -0.1) is 0 Å². The first-order valence-electron chi connectivity index (χ1n) is 7.60. The maximum Gasteiger partial charge on any atom is 0.122 e. The molecule has 0 heterocycles. The van der Waals surface area contributed by atoms with Gasteiger partial charge in [0, 0.05) is 12.0 Å². The highest BCUT2D eigenvalue weighted by Gasteiger charge is 2.14. The Kier molecular flexibility index (Phi) is 4.56. The van der Waals surface area contributed by atoms with Gasteiger partial charge in [0.05, 0.1) is 0 Å². The molecule has 0 aliphatic carbocycles. The van der Waals surface area contributed by atoms with Crippen LogP contribution in [0.2, 0.25) is 0 Å². The van der Waals surface area contributed by atoms with Crippen molar-refractivity contribution in [3.63, 3.8) is 0 Å². The van der Waals surface area contributed by atoms with Gasteiger partial charge in [-0.1, -0.05) is 38.1 Å². The Morgan fingerprint density at radius 3 is 1.81 bits per heavy atom. The Balaban J connectivity index is 2.48. The summed E-state index contributed by atoms with van der Waals surface area (Å²) >= 11 is 0. The van der Waals surface area contributed by atoms with E-state index in [1.807, 2.05) is 52.0 Å². The molecule has 0 saturated heterocycles. The van der Waals surface area contributed by atoms with Crippen molar-refractivity contribution in [2.75, 3.05) is 0 Å². The number of aryl methyl sites for hydroxylation is 3. The van der Waals surface area contributed by atoms with Crippen molar-refractivity contribution in [2.24, 2.45) is 0 Å². The van der Waals surface area contributed by atoms with Crippen LogP contribution in [0.3, 0.4) is 0 Å². The van der Waals surface area contributed by atoms with Gasteiger partial charge < -0.3 is 10.2 Å². The molecule has 2 N–H and O–H groups in total. The molecule has 2 rings (SSSR count). The summed E-state index contributed by atoms with van der Waals surface area (Å²) in [6.45, 7) is 8.10. The summed E-state index contributed by atoms with van der Waals surface area (Å²) in [5, 5.41) is 20.9. The van der Waals surface area contributed by atoms with Gasteiger partial charge in [-0.2, -0.15) is 0 Å². The number of hydrogen-bond acceptors (Lipinski definition) is 2. The van der Waals surface area contributed by atoms with E-state index in [0.29, 0.717) is 17.9 Å². The fourth-order valence-corrected chi connectivity index (χ4v) is 2.86. The standard InChI is InChI=1S/C19H24O2/c1-5-14-9-7-13(4)17(18(14)20)11-15-10-8-12(3)16(6-2)19(15)21/h7-10,20-21H,5-6,11H2,1-4H3. The molecule has 2 aromatic carbocycles. The van der Waals surface area contributed by atoms with Crippen molar-refractivity contribution >= 4 is 0 Å². The van der Waals surface area contributed by atoms with Gasteiger partial charge in [0.25, 0.3) is 0 Å². The summed E-state index contributed by atoms with van der Waals surface area (Å²) in [5.41, 5.74) is 5.92. The van der Waals surface area contributed by atoms with Crippen LogP contribution >= 0.6 is 0 Å². The van der Waals surface area contributed by atoms with Gasteiger partial charge in [0.2, 0.25) is 0 Å². The molecule has 0 fully saturated rings. The van der Waals surface area contributed by atoms with Gasteiger partial charge in [-0.3, -0.25) is 0 Å². The van der Waals surface area contributed by atoms with Crippen LogP contribution in [0.15, 0.2) is 24.3 Å². The van der Waals surface area contributed by atoms with Gasteiger partial charge in [0.1, 0.15) is 11.5 Å². The molecule has 0 atom stereocenters. The zero-order valence-corrected chi connectivity index (χ0v) is 13.3. The van der Waals surface area contributed by atoms with Crippen molar-refractivity contribution in [3.05, 3.63) is 57.6 Å². The van der Waals surface area contributed by atoms with Gasteiger partial charge >= 0.3 is 0 Å². The summed E-state index contributed by atoms with van der Waals surface area (Å²) in [4.78, 5) is 0. The van der Waals surface area contributed by atoms with E-state index in [-0.39, 0.29) is 0 Å². The largest absolute Gasteiger partial charge is 0.507 e. The van der Waals surface area contributed by atoms with Gasteiger partial charge in [-0.05, 0) is 54.5 Å². The van der Waals surface area contributed by atoms with E-state index in [1.165, 1.54) is 0 Å². The number of hydrogen-bond donors (Lipinski definition) is 2. The molecule has 21 heavy (non-hydrogen) atoms. The fourth-order valence-electron chi connectivity index (χ4n) is 2.86. The first-order valence-corrected chi connectivity index (χ1v) is 7.60. The average Bonchev–Trinajstić information content (AvgIpc) is 2.46. The Morgan fingerprint density at radius 1 is 0.714 bits per heavy atom. The Bertz CT molecular complexity index is 657. The second-order valence-electron chi connectivity index (χ2n) is 5.62. The molecule has 0 aliphatic heterocycles. The van der Waals surface area contributed by atoms with Gasteiger partial charge in [0.15, 0.2) is 0 Å². The van der Waals surface area contributed by atoms with Gasteiger partial charge in [-0.25, -0.2) is 0 Å². The van der Waals surface area contributed by atoms with Crippen LogP contribution in [0.25, 0.3) is 0 Å². The Labute approximate surface area is 127 Å². The zero-order valence-electron chi connectivity index (χ0n) is 13.3. The lowest BCUT2D eigenvalue weighted by atomic mass is 9.93. The second kappa shape index (κ2) is 6.21.